The molecule has 0 atom stereocenters. The second-order valence-corrected chi connectivity index (χ2v) is 15.5. The van der Waals surface area contributed by atoms with Gasteiger partial charge in [-0.05, 0) is 86.4 Å². The standard InChI is InChI=1S/C50H38B5NO/c51-45-44(46(52)48(54)49(55)47(45)53)31-19-24-35(25-20-31)56(42-28-33-11-4-5-12-36(33)38-13-6-7-14-39(38)42)34-22-17-29(18-23-34)32-21-26-43-41(27-32)40-16-8-15-37(50(40)57-43)30-9-2-1-3-10-30/h1-28H,51-55H2. The number of rotatable bonds is 6. The Morgan fingerprint density at radius 3 is 1.63 bits per heavy atom. The predicted molar refractivity (Wildman–Crippen MR) is 261 cm³/mol. The first-order valence-electron chi connectivity index (χ1n) is 19.8. The van der Waals surface area contributed by atoms with Crippen molar-refractivity contribution in [2.24, 2.45) is 0 Å². The molecule has 0 N–H and O–H groups in total. The van der Waals surface area contributed by atoms with Gasteiger partial charge >= 0.3 is 0 Å². The third kappa shape index (κ3) is 5.80. The van der Waals surface area contributed by atoms with Crippen molar-refractivity contribution >= 4 is 127 Å². The molecule has 0 fully saturated rings. The van der Waals surface area contributed by atoms with Crippen LogP contribution in [0.5, 0.6) is 0 Å². The van der Waals surface area contributed by atoms with Crippen LogP contribution in [0.2, 0.25) is 0 Å². The van der Waals surface area contributed by atoms with E-state index in [-0.39, 0.29) is 0 Å². The van der Waals surface area contributed by atoms with Crippen molar-refractivity contribution in [1.82, 2.24) is 0 Å². The SMILES string of the molecule is Bc1c(B)c(B)c(-c2ccc(N(c3ccc(-c4ccc5oc6c(-c7ccccc7)cccc6c5c4)cc3)c3cc4ccccc4c4ccccc34)cc2)c(B)c1B. The summed E-state index contributed by atoms with van der Waals surface area (Å²) in [6.07, 6.45) is 0. The summed E-state index contributed by atoms with van der Waals surface area (Å²) in [6.45, 7) is 0. The van der Waals surface area contributed by atoms with Crippen LogP contribution < -0.4 is 32.2 Å². The van der Waals surface area contributed by atoms with E-state index >= 15 is 0 Å². The second kappa shape index (κ2) is 13.9. The zero-order chi connectivity index (χ0) is 38.8. The Morgan fingerprint density at radius 1 is 0.368 bits per heavy atom. The Kier molecular flexibility index (Phi) is 8.49. The number of benzene rings is 9. The van der Waals surface area contributed by atoms with Crippen LogP contribution in [-0.2, 0) is 0 Å². The summed E-state index contributed by atoms with van der Waals surface area (Å²) >= 11 is 0. The fourth-order valence-corrected chi connectivity index (χ4v) is 8.98. The van der Waals surface area contributed by atoms with Crippen LogP contribution in [0.25, 0.3) is 76.9 Å². The molecule has 1 aromatic heterocycles. The molecule has 9 aromatic carbocycles. The van der Waals surface area contributed by atoms with Gasteiger partial charge in [0.05, 0.1) is 5.69 Å². The highest BCUT2D eigenvalue weighted by Crippen LogP contribution is 2.43. The van der Waals surface area contributed by atoms with Gasteiger partial charge in [0.25, 0.3) is 0 Å². The van der Waals surface area contributed by atoms with Crippen LogP contribution in [0.15, 0.2) is 174 Å². The average molecular weight is 723 g/mol. The topological polar surface area (TPSA) is 16.4 Å². The second-order valence-electron chi connectivity index (χ2n) is 15.5. The van der Waals surface area contributed by atoms with Gasteiger partial charge in [-0.25, -0.2) is 0 Å². The van der Waals surface area contributed by atoms with Crippen LogP contribution in [0.3, 0.4) is 0 Å². The highest BCUT2D eigenvalue weighted by molar-refractivity contribution is 6.68. The molecule has 0 aliphatic heterocycles. The van der Waals surface area contributed by atoms with Gasteiger partial charge in [-0.2, -0.15) is 0 Å². The number of fused-ring (bicyclic) bond motifs is 6. The number of para-hydroxylation sites is 1. The summed E-state index contributed by atoms with van der Waals surface area (Å²) in [5.74, 6) is 0. The van der Waals surface area contributed by atoms with Gasteiger partial charge in [0, 0.05) is 33.1 Å². The van der Waals surface area contributed by atoms with Crippen LogP contribution in [0.4, 0.5) is 17.1 Å². The summed E-state index contributed by atoms with van der Waals surface area (Å²) in [5.41, 5.74) is 19.2. The fraction of sp³-hybridized carbons (Fsp3) is 0. The number of furan rings is 1. The number of hydrogen-bond donors (Lipinski definition) is 0. The maximum Gasteiger partial charge on any atom is 0.143 e. The average Bonchev–Trinajstić information content (AvgIpc) is 3.64. The molecule has 7 heteroatoms. The smallest absolute Gasteiger partial charge is 0.143 e. The van der Waals surface area contributed by atoms with Crippen molar-refractivity contribution in [2.75, 3.05) is 4.90 Å². The fourth-order valence-electron chi connectivity index (χ4n) is 8.98. The molecule has 57 heavy (non-hydrogen) atoms. The first kappa shape index (κ1) is 34.9. The van der Waals surface area contributed by atoms with Crippen molar-refractivity contribution in [1.29, 1.82) is 0 Å². The molecule has 10 rings (SSSR count). The minimum Gasteiger partial charge on any atom is -0.455 e. The maximum absolute atomic E-state index is 6.50. The van der Waals surface area contributed by atoms with E-state index < -0.39 is 0 Å². The lowest BCUT2D eigenvalue weighted by molar-refractivity contribution is 0.670. The van der Waals surface area contributed by atoms with Crippen LogP contribution in [-0.4, -0.2) is 39.2 Å². The molecule has 0 spiro atoms. The van der Waals surface area contributed by atoms with E-state index in [4.69, 9.17) is 4.42 Å². The van der Waals surface area contributed by atoms with Crippen LogP contribution in [0, 0.1) is 0 Å². The lowest BCUT2D eigenvalue weighted by atomic mass is 9.60. The molecule has 264 valence electrons. The maximum atomic E-state index is 6.50. The molecule has 0 saturated carbocycles. The lowest BCUT2D eigenvalue weighted by Crippen LogP contribution is -2.55. The normalized spacial score (nSPS) is 11.5. The highest BCUT2D eigenvalue weighted by atomic mass is 16.3. The van der Waals surface area contributed by atoms with Gasteiger partial charge in [-0.15, -0.1) is 16.4 Å². The van der Waals surface area contributed by atoms with Crippen molar-refractivity contribution < 1.29 is 4.42 Å². The van der Waals surface area contributed by atoms with E-state index in [9.17, 15) is 0 Å². The Balaban J connectivity index is 1.10. The Hall–Kier alpha value is -6.58. The molecule has 2 nitrogen and oxygen atoms in total. The molecule has 0 aliphatic carbocycles. The zero-order valence-corrected chi connectivity index (χ0v) is 33.0. The summed E-state index contributed by atoms with van der Waals surface area (Å²) in [5, 5.41) is 7.20. The quantitative estimate of drug-likeness (QED) is 0.163. The Labute approximate surface area is 338 Å². The number of nitrogens with zero attached hydrogens (tertiary/aromatic N) is 1. The molecule has 0 amide bonds. The Bertz CT molecular complexity index is 3150. The summed E-state index contributed by atoms with van der Waals surface area (Å²) in [4.78, 5) is 2.42. The summed E-state index contributed by atoms with van der Waals surface area (Å²) < 4.78 is 6.50. The van der Waals surface area contributed by atoms with E-state index in [1.54, 1.807) is 0 Å². The van der Waals surface area contributed by atoms with Gasteiger partial charge in [0.2, 0.25) is 0 Å². The Morgan fingerprint density at radius 2 is 0.930 bits per heavy atom. The molecule has 0 aliphatic rings. The molecule has 0 bridgehead atoms. The van der Waals surface area contributed by atoms with Gasteiger partial charge in [-0.1, -0.05) is 138 Å². The van der Waals surface area contributed by atoms with Crippen LogP contribution in [0.1, 0.15) is 0 Å². The number of hydrogen-bond acceptors (Lipinski definition) is 2. The van der Waals surface area contributed by atoms with Crippen molar-refractivity contribution in [3.63, 3.8) is 0 Å². The van der Waals surface area contributed by atoms with Crippen molar-refractivity contribution in [3.05, 3.63) is 170 Å². The first-order valence-corrected chi connectivity index (χ1v) is 19.8. The molecular weight excluding hydrogens is 685 g/mol. The molecule has 1 heterocycles. The summed E-state index contributed by atoms with van der Waals surface area (Å²) in [6, 6.07) is 61.6. The third-order valence-electron chi connectivity index (χ3n) is 12.4. The van der Waals surface area contributed by atoms with Gasteiger partial charge in [0.1, 0.15) is 50.4 Å². The monoisotopic (exact) mass is 723 g/mol. The van der Waals surface area contributed by atoms with E-state index in [1.165, 1.54) is 60.0 Å². The zero-order valence-electron chi connectivity index (χ0n) is 33.0. The number of anilines is 3. The van der Waals surface area contributed by atoms with Gasteiger partial charge in [0.15, 0.2) is 0 Å². The van der Waals surface area contributed by atoms with Crippen LogP contribution >= 0.6 is 0 Å². The third-order valence-corrected chi connectivity index (χ3v) is 12.4. The molecular formula is C50H38B5NO. The van der Waals surface area contributed by atoms with Crippen molar-refractivity contribution in [2.45, 2.75) is 0 Å². The largest absolute Gasteiger partial charge is 0.455 e. The predicted octanol–water partition coefficient (Wildman–Crippen LogP) is 5.66. The minimum atomic E-state index is 0.896. The molecule has 10 aromatic rings. The van der Waals surface area contributed by atoms with E-state index in [2.05, 4.69) is 208 Å². The van der Waals surface area contributed by atoms with E-state index in [0.717, 1.165) is 61.3 Å². The van der Waals surface area contributed by atoms with E-state index in [0.29, 0.717) is 0 Å². The molecule has 0 saturated heterocycles. The summed E-state index contributed by atoms with van der Waals surface area (Å²) in [7, 11) is 11.3. The van der Waals surface area contributed by atoms with Crippen molar-refractivity contribution in [3.8, 4) is 33.4 Å². The molecule has 0 unspecified atom stereocenters. The highest BCUT2D eigenvalue weighted by Gasteiger charge is 2.20. The van der Waals surface area contributed by atoms with E-state index in [1.807, 2.05) is 6.07 Å². The van der Waals surface area contributed by atoms with Gasteiger partial charge in [-0.3, -0.25) is 0 Å². The minimum absolute atomic E-state index is 0.896. The first-order chi connectivity index (χ1) is 27.9. The van der Waals surface area contributed by atoms with Gasteiger partial charge < -0.3 is 9.32 Å². The molecule has 0 radical (unpaired) electrons. The lowest BCUT2D eigenvalue weighted by Gasteiger charge is -2.28.